The van der Waals surface area contributed by atoms with Crippen LogP contribution in [0.3, 0.4) is 0 Å². The first-order chi connectivity index (χ1) is 8.35. The zero-order valence-corrected chi connectivity index (χ0v) is 10.9. The molecule has 17 heavy (non-hydrogen) atoms. The highest BCUT2D eigenvalue weighted by molar-refractivity contribution is 5.09. The average molecular weight is 240 g/mol. The fourth-order valence-electron chi connectivity index (χ4n) is 2.53. The molecule has 98 valence electrons. The van der Waals surface area contributed by atoms with Crippen LogP contribution in [-0.2, 0) is 9.47 Å². The Kier molecular flexibility index (Phi) is 4.83. The molecule has 0 aromatic heterocycles. The van der Waals surface area contributed by atoms with Gasteiger partial charge in [-0.25, -0.2) is 0 Å². The van der Waals surface area contributed by atoms with Gasteiger partial charge in [-0.3, -0.25) is 4.90 Å². The van der Waals surface area contributed by atoms with Gasteiger partial charge in [-0.1, -0.05) is 6.92 Å². The van der Waals surface area contributed by atoms with Crippen LogP contribution in [0, 0.1) is 0 Å². The minimum atomic E-state index is 0.199. The van der Waals surface area contributed by atoms with E-state index < -0.39 is 0 Å². The van der Waals surface area contributed by atoms with E-state index >= 15 is 0 Å². The van der Waals surface area contributed by atoms with Crippen LogP contribution < -0.4 is 5.32 Å². The molecule has 0 aromatic carbocycles. The standard InChI is InChI=1S/C13H24N2O2/c1-3-15-7-9-17-12(10-15)13(14-2)11-6-4-5-8-16-11/h6,12-14H,3-5,7-10H2,1-2H3. The van der Waals surface area contributed by atoms with E-state index in [0.717, 1.165) is 51.4 Å². The van der Waals surface area contributed by atoms with Gasteiger partial charge in [-0.05, 0) is 32.5 Å². The number of hydrogen-bond donors (Lipinski definition) is 1. The third-order valence-electron chi connectivity index (χ3n) is 3.58. The lowest BCUT2D eigenvalue weighted by molar-refractivity contribution is -0.0471. The summed E-state index contributed by atoms with van der Waals surface area (Å²) in [6.45, 7) is 6.99. The van der Waals surface area contributed by atoms with Crippen LogP contribution in [0.1, 0.15) is 19.8 Å². The van der Waals surface area contributed by atoms with Gasteiger partial charge in [0.1, 0.15) is 5.76 Å². The van der Waals surface area contributed by atoms with Crippen LogP contribution in [0.4, 0.5) is 0 Å². The first kappa shape index (κ1) is 12.9. The monoisotopic (exact) mass is 240 g/mol. The molecule has 1 N–H and O–H groups in total. The van der Waals surface area contributed by atoms with Gasteiger partial charge in [0, 0.05) is 13.1 Å². The van der Waals surface area contributed by atoms with Gasteiger partial charge in [0.2, 0.25) is 0 Å². The van der Waals surface area contributed by atoms with Gasteiger partial charge in [0.15, 0.2) is 0 Å². The van der Waals surface area contributed by atoms with Crippen molar-refractivity contribution in [3.63, 3.8) is 0 Å². The van der Waals surface area contributed by atoms with Crippen molar-refractivity contribution in [3.05, 3.63) is 11.8 Å². The fourth-order valence-corrected chi connectivity index (χ4v) is 2.53. The van der Waals surface area contributed by atoms with Crippen molar-refractivity contribution in [2.24, 2.45) is 0 Å². The SMILES string of the molecule is CCN1CCOC(C(NC)C2=CCCCO2)C1. The number of allylic oxidation sites excluding steroid dienone is 1. The number of nitrogens with zero attached hydrogens (tertiary/aromatic N) is 1. The minimum Gasteiger partial charge on any atom is -0.496 e. The molecule has 0 saturated carbocycles. The van der Waals surface area contributed by atoms with Gasteiger partial charge in [-0.15, -0.1) is 0 Å². The van der Waals surface area contributed by atoms with Crippen LogP contribution in [0.15, 0.2) is 11.8 Å². The summed E-state index contributed by atoms with van der Waals surface area (Å²) in [6, 6.07) is 0.199. The van der Waals surface area contributed by atoms with Gasteiger partial charge < -0.3 is 14.8 Å². The first-order valence-corrected chi connectivity index (χ1v) is 6.69. The molecular formula is C13H24N2O2. The third kappa shape index (κ3) is 3.21. The van der Waals surface area contributed by atoms with Crippen LogP contribution in [-0.4, -0.2) is 56.9 Å². The summed E-state index contributed by atoms with van der Waals surface area (Å²) in [5.74, 6) is 1.07. The normalized spacial score (nSPS) is 28.4. The molecule has 2 aliphatic heterocycles. The molecular weight excluding hydrogens is 216 g/mol. The molecule has 2 aliphatic rings. The largest absolute Gasteiger partial charge is 0.496 e. The Hall–Kier alpha value is -0.580. The molecule has 1 saturated heterocycles. The van der Waals surface area contributed by atoms with E-state index in [1.807, 2.05) is 7.05 Å². The average Bonchev–Trinajstić information content (AvgIpc) is 2.41. The Bertz CT molecular complexity index is 268. The van der Waals surface area contributed by atoms with E-state index in [1.165, 1.54) is 0 Å². The molecule has 0 aromatic rings. The minimum absolute atomic E-state index is 0.199. The summed E-state index contributed by atoms with van der Waals surface area (Å²) in [7, 11) is 1.98. The molecule has 0 spiro atoms. The van der Waals surface area contributed by atoms with Gasteiger partial charge in [-0.2, -0.15) is 0 Å². The Morgan fingerprint density at radius 3 is 3.06 bits per heavy atom. The van der Waals surface area contributed by atoms with Crippen LogP contribution in [0.25, 0.3) is 0 Å². The summed E-state index contributed by atoms with van der Waals surface area (Å²) in [5.41, 5.74) is 0. The number of ether oxygens (including phenoxy) is 2. The maximum absolute atomic E-state index is 5.89. The summed E-state index contributed by atoms with van der Waals surface area (Å²) in [5, 5.41) is 3.34. The summed E-state index contributed by atoms with van der Waals surface area (Å²) in [6.07, 6.45) is 4.67. The number of likely N-dealkylation sites (N-methyl/N-ethyl adjacent to an activating group) is 2. The summed E-state index contributed by atoms with van der Waals surface area (Å²) in [4.78, 5) is 2.43. The molecule has 4 nitrogen and oxygen atoms in total. The predicted octanol–water partition coefficient (Wildman–Crippen LogP) is 0.989. The van der Waals surface area contributed by atoms with Crippen molar-refractivity contribution < 1.29 is 9.47 Å². The molecule has 0 bridgehead atoms. The number of hydrogen-bond acceptors (Lipinski definition) is 4. The number of rotatable bonds is 4. The second-order valence-corrected chi connectivity index (χ2v) is 4.67. The predicted molar refractivity (Wildman–Crippen MR) is 68.0 cm³/mol. The topological polar surface area (TPSA) is 33.7 Å². The molecule has 2 unspecified atom stereocenters. The molecule has 1 fully saturated rings. The quantitative estimate of drug-likeness (QED) is 0.794. The fraction of sp³-hybridized carbons (Fsp3) is 0.846. The van der Waals surface area contributed by atoms with E-state index in [4.69, 9.17) is 9.47 Å². The zero-order valence-electron chi connectivity index (χ0n) is 10.9. The first-order valence-electron chi connectivity index (χ1n) is 6.69. The van der Waals surface area contributed by atoms with Crippen molar-refractivity contribution >= 4 is 0 Å². The van der Waals surface area contributed by atoms with Crippen LogP contribution in [0.5, 0.6) is 0 Å². The molecule has 0 radical (unpaired) electrons. The Morgan fingerprint density at radius 2 is 2.41 bits per heavy atom. The molecule has 4 heteroatoms. The Labute approximate surface area is 104 Å². The third-order valence-corrected chi connectivity index (χ3v) is 3.58. The Balaban J connectivity index is 1.99. The van der Waals surface area contributed by atoms with Gasteiger partial charge >= 0.3 is 0 Å². The maximum atomic E-state index is 5.89. The number of nitrogens with one attached hydrogen (secondary N) is 1. The highest BCUT2D eigenvalue weighted by Gasteiger charge is 2.30. The van der Waals surface area contributed by atoms with Crippen molar-refractivity contribution in [2.75, 3.05) is 39.9 Å². The second kappa shape index (κ2) is 6.38. The van der Waals surface area contributed by atoms with Crippen molar-refractivity contribution in [1.82, 2.24) is 10.2 Å². The van der Waals surface area contributed by atoms with E-state index in [2.05, 4.69) is 23.2 Å². The zero-order chi connectivity index (χ0) is 12.1. The van der Waals surface area contributed by atoms with E-state index in [9.17, 15) is 0 Å². The van der Waals surface area contributed by atoms with Crippen molar-refractivity contribution in [3.8, 4) is 0 Å². The van der Waals surface area contributed by atoms with Crippen molar-refractivity contribution in [1.29, 1.82) is 0 Å². The highest BCUT2D eigenvalue weighted by atomic mass is 16.5. The van der Waals surface area contributed by atoms with Gasteiger partial charge in [0.05, 0.1) is 25.4 Å². The van der Waals surface area contributed by atoms with E-state index in [1.54, 1.807) is 0 Å². The highest BCUT2D eigenvalue weighted by Crippen LogP contribution is 2.19. The maximum Gasteiger partial charge on any atom is 0.112 e. The summed E-state index contributed by atoms with van der Waals surface area (Å²) >= 11 is 0. The second-order valence-electron chi connectivity index (χ2n) is 4.67. The Morgan fingerprint density at radius 1 is 1.53 bits per heavy atom. The lowest BCUT2D eigenvalue weighted by Gasteiger charge is -2.37. The molecule has 2 heterocycles. The van der Waals surface area contributed by atoms with E-state index in [0.29, 0.717) is 0 Å². The molecule has 0 amide bonds. The van der Waals surface area contributed by atoms with Crippen LogP contribution in [0.2, 0.25) is 0 Å². The lowest BCUT2D eigenvalue weighted by atomic mass is 10.0. The smallest absolute Gasteiger partial charge is 0.112 e. The lowest BCUT2D eigenvalue weighted by Crippen LogP contribution is -2.52. The summed E-state index contributed by atoms with van der Waals surface area (Å²) < 4.78 is 11.6. The molecule has 2 atom stereocenters. The van der Waals surface area contributed by atoms with Gasteiger partial charge in [0.25, 0.3) is 0 Å². The molecule has 0 aliphatic carbocycles. The molecule has 2 rings (SSSR count). The van der Waals surface area contributed by atoms with Crippen LogP contribution >= 0.6 is 0 Å². The van der Waals surface area contributed by atoms with E-state index in [-0.39, 0.29) is 12.1 Å². The number of morpholine rings is 1. The van der Waals surface area contributed by atoms with Crippen molar-refractivity contribution in [2.45, 2.75) is 31.9 Å².